The van der Waals surface area contributed by atoms with Crippen LogP contribution >= 0.6 is 0 Å². The van der Waals surface area contributed by atoms with Gasteiger partial charge in [-0.3, -0.25) is 4.79 Å². The Kier molecular flexibility index (Phi) is 3.99. The molecule has 0 spiro atoms. The first-order valence-electron chi connectivity index (χ1n) is 8.83. The largest absolute Gasteiger partial charge is 0.382 e. The van der Waals surface area contributed by atoms with Gasteiger partial charge in [-0.25, -0.2) is 9.67 Å². The van der Waals surface area contributed by atoms with Crippen LogP contribution in [0.25, 0.3) is 5.65 Å². The first-order valence-corrected chi connectivity index (χ1v) is 8.83. The van der Waals surface area contributed by atoms with Gasteiger partial charge in [0.15, 0.2) is 0 Å². The Bertz CT molecular complexity index is 946. The van der Waals surface area contributed by atoms with E-state index in [1.54, 1.807) is 34.2 Å². The van der Waals surface area contributed by atoms with Crippen molar-refractivity contribution < 1.29 is 9.90 Å². The van der Waals surface area contributed by atoms with Crippen molar-refractivity contribution in [3.63, 3.8) is 0 Å². The standard InChI is InChI=1S/C18H22N6O2/c1-13(2)24-11-15(20-21-24)18(26)6-3-8-23(12-18)17(25)14-4-5-16-19-7-9-22(16)10-14/h4-5,7,9-11,13,26H,3,6,8,12H2,1-2H3/t18-/m1/s1. The molecule has 1 N–H and O–H groups in total. The Labute approximate surface area is 151 Å². The molecule has 0 aliphatic carbocycles. The number of hydrogen-bond donors (Lipinski definition) is 1. The van der Waals surface area contributed by atoms with Gasteiger partial charge in [-0.15, -0.1) is 5.10 Å². The topological polar surface area (TPSA) is 88.5 Å². The predicted octanol–water partition coefficient (Wildman–Crippen LogP) is 1.63. The van der Waals surface area contributed by atoms with Gasteiger partial charge in [0.1, 0.15) is 16.9 Å². The molecule has 1 aliphatic heterocycles. The summed E-state index contributed by atoms with van der Waals surface area (Å²) in [4.78, 5) is 18.8. The molecule has 1 atom stereocenters. The van der Waals surface area contributed by atoms with Gasteiger partial charge in [0.05, 0.1) is 18.3 Å². The van der Waals surface area contributed by atoms with Crippen molar-refractivity contribution in [2.45, 2.75) is 38.3 Å². The van der Waals surface area contributed by atoms with E-state index in [-0.39, 0.29) is 18.5 Å². The van der Waals surface area contributed by atoms with Crippen molar-refractivity contribution in [1.29, 1.82) is 0 Å². The molecule has 4 rings (SSSR count). The Hall–Kier alpha value is -2.74. The van der Waals surface area contributed by atoms with Crippen molar-refractivity contribution in [1.82, 2.24) is 29.3 Å². The van der Waals surface area contributed by atoms with Crippen LogP contribution in [0, 0.1) is 0 Å². The number of β-amino-alcohol motifs (C(OH)–C–C–N with tert-alkyl or cyclic N) is 1. The smallest absolute Gasteiger partial charge is 0.255 e. The van der Waals surface area contributed by atoms with Crippen LogP contribution in [0.4, 0.5) is 0 Å². The van der Waals surface area contributed by atoms with E-state index in [1.165, 1.54) is 0 Å². The van der Waals surface area contributed by atoms with Crippen molar-refractivity contribution in [3.05, 3.63) is 48.2 Å². The van der Waals surface area contributed by atoms with E-state index in [9.17, 15) is 9.90 Å². The highest BCUT2D eigenvalue weighted by atomic mass is 16.3. The zero-order chi connectivity index (χ0) is 18.3. The van der Waals surface area contributed by atoms with E-state index in [0.29, 0.717) is 30.6 Å². The molecule has 4 heterocycles. The van der Waals surface area contributed by atoms with Gasteiger partial charge in [-0.2, -0.15) is 0 Å². The summed E-state index contributed by atoms with van der Waals surface area (Å²) in [6.45, 7) is 4.84. The summed E-state index contributed by atoms with van der Waals surface area (Å²) in [5.74, 6) is -0.102. The molecule has 8 heteroatoms. The number of amides is 1. The summed E-state index contributed by atoms with van der Waals surface area (Å²) in [5.41, 5.74) is 0.724. The predicted molar refractivity (Wildman–Crippen MR) is 94.6 cm³/mol. The van der Waals surface area contributed by atoms with E-state index in [4.69, 9.17) is 0 Å². The number of likely N-dealkylation sites (tertiary alicyclic amines) is 1. The summed E-state index contributed by atoms with van der Waals surface area (Å²) in [7, 11) is 0. The number of rotatable bonds is 3. The lowest BCUT2D eigenvalue weighted by Crippen LogP contribution is -2.48. The highest BCUT2D eigenvalue weighted by Gasteiger charge is 2.39. The maximum atomic E-state index is 12.9. The third-order valence-corrected chi connectivity index (χ3v) is 4.91. The van der Waals surface area contributed by atoms with E-state index < -0.39 is 5.60 Å². The number of aromatic nitrogens is 5. The summed E-state index contributed by atoms with van der Waals surface area (Å²) >= 11 is 0. The second kappa shape index (κ2) is 6.21. The third kappa shape index (κ3) is 2.86. The van der Waals surface area contributed by atoms with Gasteiger partial charge in [-0.05, 0) is 38.8 Å². The van der Waals surface area contributed by atoms with Crippen LogP contribution in [-0.2, 0) is 5.60 Å². The molecule has 8 nitrogen and oxygen atoms in total. The summed E-state index contributed by atoms with van der Waals surface area (Å²) in [5, 5.41) is 19.3. The van der Waals surface area contributed by atoms with Crippen LogP contribution in [0.5, 0.6) is 0 Å². The fourth-order valence-corrected chi connectivity index (χ4v) is 3.39. The van der Waals surface area contributed by atoms with Crippen LogP contribution in [0.1, 0.15) is 48.8 Å². The Morgan fingerprint density at radius 3 is 2.92 bits per heavy atom. The van der Waals surface area contributed by atoms with Crippen LogP contribution in [0.2, 0.25) is 0 Å². The van der Waals surface area contributed by atoms with Gasteiger partial charge in [0.2, 0.25) is 0 Å². The molecule has 136 valence electrons. The normalized spacial score (nSPS) is 20.8. The zero-order valence-corrected chi connectivity index (χ0v) is 14.9. The minimum Gasteiger partial charge on any atom is -0.382 e. The number of hydrogen-bond acceptors (Lipinski definition) is 5. The molecule has 3 aromatic heterocycles. The molecule has 26 heavy (non-hydrogen) atoms. The quantitative estimate of drug-likeness (QED) is 0.772. The summed E-state index contributed by atoms with van der Waals surface area (Å²) in [6.07, 6.45) is 8.33. The van der Waals surface area contributed by atoms with Crippen molar-refractivity contribution >= 4 is 11.6 Å². The molecule has 0 unspecified atom stereocenters. The maximum Gasteiger partial charge on any atom is 0.255 e. The number of aliphatic hydroxyl groups is 1. The number of carbonyl (C=O) groups excluding carboxylic acids is 1. The van der Waals surface area contributed by atoms with Gasteiger partial charge < -0.3 is 14.4 Å². The molecule has 0 bridgehead atoms. The Morgan fingerprint density at radius 2 is 2.15 bits per heavy atom. The number of carbonyl (C=O) groups is 1. The molecular weight excluding hydrogens is 332 g/mol. The van der Waals surface area contributed by atoms with Crippen LogP contribution in [-0.4, -0.2) is 53.4 Å². The number of piperidine rings is 1. The average Bonchev–Trinajstić information content (AvgIpc) is 3.30. The molecule has 0 aromatic carbocycles. The lowest BCUT2D eigenvalue weighted by molar-refractivity contribution is -0.0320. The zero-order valence-electron chi connectivity index (χ0n) is 14.9. The van der Waals surface area contributed by atoms with Gasteiger partial charge >= 0.3 is 0 Å². The summed E-state index contributed by atoms with van der Waals surface area (Å²) < 4.78 is 3.54. The highest BCUT2D eigenvalue weighted by molar-refractivity contribution is 5.94. The number of fused-ring (bicyclic) bond motifs is 1. The SMILES string of the molecule is CC(C)n1cc([C@@]2(O)CCCN(C(=O)c3ccc4nccn4c3)C2)nn1. The first kappa shape index (κ1) is 16.7. The maximum absolute atomic E-state index is 12.9. The van der Waals surface area contributed by atoms with Crippen molar-refractivity contribution in [2.75, 3.05) is 13.1 Å². The van der Waals surface area contributed by atoms with Crippen molar-refractivity contribution in [3.8, 4) is 0 Å². The monoisotopic (exact) mass is 354 g/mol. The van der Waals surface area contributed by atoms with Gasteiger partial charge in [0.25, 0.3) is 5.91 Å². The average molecular weight is 354 g/mol. The van der Waals surface area contributed by atoms with Crippen LogP contribution in [0.3, 0.4) is 0 Å². The first-order chi connectivity index (χ1) is 12.5. The molecule has 0 saturated carbocycles. The molecule has 1 amide bonds. The lowest BCUT2D eigenvalue weighted by Gasteiger charge is -2.38. The van der Waals surface area contributed by atoms with E-state index in [1.807, 2.05) is 30.5 Å². The van der Waals surface area contributed by atoms with Crippen LogP contribution in [0.15, 0.2) is 36.9 Å². The second-order valence-corrected chi connectivity index (χ2v) is 7.15. The molecule has 3 aromatic rings. The van der Waals surface area contributed by atoms with E-state index in [2.05, 4.69) is 15.3 Å². The second-order valence-electron chi connectivity index (χ2n) is 7.15. The van der Waals surface area contributed by atoms with Crippen LogP contribution < -0.4 is 0 Å². The molecule has 1 saturated heterocycles. The van der Waals surface area contributed by atoms with Gasteiger partial charge in [-0.1, -0.05) is 5.21 Å². The number of pyridine rings is 1. The van der Waals surface area contributed by atoms with Gasteiger partial charge in [0, 0.05) is 31.2 Å². The molecule has 0 radical (unpaired) electrons. The molecule has 1 fully saturated rings. The van der Waals surface area contributed by atoms with Crippen molar-refractivity contribution in [2.24, 2.45) is 0 Å². The molecular formula is C18H22N6O2. The fourth-order valence-electron chi connectivity index (χ4n) is 3.39. The fraction of sp³-hybridized carbons (Fsp3) is 0.444. The highest BCUT2D eigenvalue weighted by Crippen LogP contribution is 2.31. The summed E-state index contributed by atoms with van der Waals surface area (Å²) in [6, 6.07) is 3.76. The Morgan fingerprint density at radius 1 is 1.31 bits per heavy atom. The molecule has 1 aliphatic rings. The lowest BCUT2D eigenvalue weighted by atomic mass is 9.89. The van der Waals surface area contributed by atoms with E-state index in [0.717, 1.165) is 5.65 Å². The minimum absolute atomic E-state index is 0.102. The number of imidazole rings is 1. The minimum atomic E-state index is -1.17. The van der Waals surface area contributed by atoms with E-state index >= 15 is 0 Å². The third-order valence-electron chi connectivity index (χ3n) is 4.91. The Balaban J connectivity index is 1.57. The number of nitrogens with zero attached hydrogens (tertiary/aromatic N) is 6.